The van der Waals surface area contributed by atoms with Gasteiger partial charge in [-0.25, -0.2) is 0 Å². The molecule has 1 fully saturated rings. The number of amides is 1. The van der Waals surface area contributed by atoms with Crippen LogP contribution in [0.4, 0.5) is 0 Å². The number of hydrogen-bond acceptors (Lipinski definition) is 3. The standard InChI is InChI=1S/C16H22ClNO3/c1-11-4-3-7-16(9-11,10-19)18-15(20)13-6-5-12(17)8-14(13)21-2/h5-6,8,11,19H,3-4,7,9-10H2,1-2H3,(H,18,20). The number of ether oxygens (including phenoxy) is 1. The van der Waals surface area contributed by atoms with Crippen LogP contribution in [0.2, 0.25) is 5.02 Å². The number of nitrogens with one attached hydrogen (secondary N) is 1. The Labute approximate surface area is 130 Å². The van der Waals surface area contributed by atoms with Gasteiger partial charge in [0.2, 0.25) is 0 Å². The fourth-order valence-electron chi connectivity index (χ4n) is 3.12. The summed E-state index contributed by atoms with van der Waals surface area (Å²) in [6.45, 7) is 2.11. The van der Waals surface area contributed by atoms with Gasteiger partial charge >= 0.3 is 0 Å². The van der Waals surface area contributed by atoms with Crippen molar-refractivity contribution in [1.29, 1.82) is 0 Å². The zero-order valence-corrected chi connectivity index (χ0v) is 13.2. The van der Waals surface area contributed by atoms with Gasteiger partial charge in [0.15, 0.2) is 0 Å². The molecule has 21 heavy (non-hydrogen) atoms. The molecule has 0 aromatic heterocycles. The van der Waals surface area contributed by atoms with Crippen LogP contribution in [0.25, 0.3) is 0 Å². The van der Waals surface area contributed by atoms with E-state index in [9.17, 15) is 9.90 Å². The molecule has 0 radical (unpaired) electrons. The lowest BCUT2D eigenvalue weighted by Crippen LogP contribution is -2.53. The molecule has 0 bridgehead atoms. The van der Waals surface area contributed by atoms with Crippen molar-refractivity contribution in [3.05, 3.63) is 28.8 Å². The van der Waals surface area contributed by atoms with Gasteiger partial charge in [0.05, 0.1) is 24.8 Å². The number of benzene rings is 1. The summed E-state index contributed by atoms with van der Waals surface area (Å²) in [4.78, 5) is 12.5. The molecular weight excluding hydrogens is 290 g/mol. The maximum Gasteiger partial charge on any atom is 0.255 e. The van der Waals surface area contributed by atoms with Crippen LogP contribution in [0, 0.1) is 5.92 Å². The van der Waals surface area contributed by atoms with E-state index in [-0.39, 0.29) is 12.5 Å². The number of hydrogen-bond donors (Lipinski definition) is 2. The summed E-state index contributed by atoms with van der Waals surface area (Å²) < 4.78 is 5.22. The lowest BCUT2D eigenvalue weighted by molar-refractivity contribution is 0.0694. The van der Waals surface area contributed by atoms with Crippen molar-refractivity contribution < 1.29 is 14.6 Å². The summed E-state index contributed by atoms with van der Waals surface area (Å²) in [7, 11) is 1.51. The predicted octanol–water partition coefficient (Wildman–Crippen LogP) is 3.02. The number of aliphatic hydroxyl groups is 1. The second-order valence-electron chi connectivity index (χ2n) is 5.94. The van der Waals surface area contributed by atoms with E-state index in [4.69, 9.17) is 16.3 Å². The number of carbonyl (C=O) groups excluding carboxylic acids is 1. The minimum absolute atomic E-state index is 0.0427. The van der Waals surface area contributed by atoms with Crippen molar-refractivity contribution in [2.75, 3.05) is 13.7 Å². The number of aliphatic hydroxyl groups excluding tert-OH is 1. The monoisotopic (exact) mass is 311 g/mol. The lowest BCUT2D eigenvalue weighted by Gasteiger charge is -2.39. The number of carbonyl (C=O) groups is 1. The Morgan fingerprint density at radius 3 is 2.95 bits per heavy atom. The smallest absolute Gasteiger partial charge is 0.255 e. The number of rotatable bonds is 4. The van der Waals surface area contributed by atoms with Gasteiger partial charge in [0, 0.05) is 5.02 Å². The minimum atomic E-state index is -0.528. The number of methoxy groups -OCH3 is 1. The van der Waals surface area contributed by atoms with Crippen LogP contribution in [0.15, 0.2) is 18.2 Å². The molecule has 0 aliphatic heterocycles. The Morgan fingerprint density at radius 2 is 2.33 bits per heavy atom. The Bertz CT molecular complexity index is 520. The molecule has 1 aromatic carbocycles. The molecule has 1 saturated carbocycles. The van der Waals surface area contributed by atoms with Crippen LogP contribution in [-0.2, 0) is 0 Å². The molecule has 2 atom stereocenters. The van der Waals surface area contributed by atoms with E-state index >= 15 is 0 Å². The third kappa shape index (κ3) is 3.69. The molecule has 2 rings (SSSR count). The van der Waals surface area contributed by atoms with Crippen LogP contribution in [-0.4, -0.2) is 30.3 Å². The quantitative estimate of drug-likeness (QED) is 0.898. The summed E-state index contributed by atoms with van der Waals surface area (Å²) in [6.07, 6.45) is 3.75. The average Bonchev–Trinajstić information content (AvgIpc) is 2.46. The number of halogens is 1. The van der Waals surface area contributed by atoms with Gasteiger partial charge in [0.1, 0.15) is 5.75 Å². The molecule has 0 heterocycles. The zero-order chi connectivity index (χ0) is 15.5. The van der Waals surface area contributed by atoms with Crippen molar-refractivity contribution in [2.24, 2.45) is 5.92 Å². The van der Waals surface area contributed by atoms with E-state index in [1.807, 2.05) is 0 Å². The minimum Gasteiger partial charge on any atom is -0.496 e. The Hall–Kier alpha value is -1.26. The molecule has 0 spiro atoms. The molecule has 2 N–H and O–H groups in total. The van der Waals surface area contributed by atoms with Crippen LogP contribution < -0.4 is 10.1 Å². The van der Waals surface area contributed by atoms with E-state index in [2.05, 4.69) is 12.2 Å². The van der Waals surface area contributed by atoms with Gasteiger partial charge in [-0.1, -0.05) is 31.4 Å². The van der Waals surface area contributed by atoms with E-state index in [0.717, 1.165) is 25.7 Å². The van der Waals surface area contributed by atoms with Gasteiger partial charge in [-0.05, 0) is 37.0 Å². The average molecular weight is 312 g/mol. The molecule has 0 saturated heterocycles. The van der Waals surface area contributed by atoms with Crippen molar-refractivity contribution in [1.82, 2.24) is 5.32 Å². The Balaban J connectivity index is 2.20. The normalized spacial score (nSPS) is 25.4. The SMILES string of the molecule is COc1cc(Cl)ccc1C(=O)NC1(CO)CCCC(C)C1. The largest absolute Gasteiger partial charge is 0.496 e. The van der Waals surface area contributed by atoms with Crippen LogP contribution in [0.1, 0.15) is 43.0 Å². The third-order valence-electron chi connectivity index (χ3n) is 4.18. The van der Waals surface area contributed by atoms with Crippen molar-refractivity contribution in [3.8, 4) is 5.75 Å². The molecule has 2 unspecified atom stereocenters. The first kappa shape index (κ1) is 16.1. The molecular formula is C16H22ClNO3. The molecule has 4 nitrogen and oxygen atoms in total. The highest BCUT2D eigenvalue weighted by Crippen LogP contribution is 2.33. The van der Waals surface area contributed by atoms with Gasteiger partial charge in [0.25, 0.3) is 5.91 Å². The van der Waals surface area contributed by atoms with Crippen LogP contribution in [0.3, 0.4) is 0 Å². The van der Waals surface area contributed by atoms with E-state index in [1.165, 1.54) is 7.11 Å². The van der Waals surface area contributed by atoms with Crippen molar-refractivity contribution in [3.63, 3.8) is 0 Å². The topological polar surface area (TPSA) is 58.6 Å². The molecule has 1 aliphatic carbocycles. The third-order valence-corrected chi connectivity index (χ3v) is 4.42. The van der Waals surface area contributed by atoms with E-state index in [1.54, 1.807) is 18.2 Å². The van der Waals surface area contributed by atoms with Crippen molar-refractivity contribution in [2.45, 2.75) is 38.1 Å². The first-order valence-corrected chi connectivity index (χ1v) is 7.64. The Kier molecular flexibility index (Phi) is 5.12. The first-order valence-electron chi connectivity index (χ1n) is 7.26. The molecule has 1 aromatic rings. The Morgan fingerprint density at radius 1 is 1.57 bits per heavy atom. The van der Waals surface area contributed by atoms with Crippen LogP contribution >= 0.6 is 11.6 Å². The summed E-state index contributed by atoms with van der Waals surface area (Å²) >= 11 is 5.91. The maximum atomic E-state index is 12.5. The first-order chi connectivity index (χ1) is 9.99. The maximum absolute atomic E-state index is 12.5. The second-order valence-corrected chi connectivity index (χ2v) is 6.38. The zero-order valence-electron chi connectivity index (χ0n) is 12.5. The lowest BCUT2D eigenvalue weighted by atomic mass is 9.76. The van der Waals surface area contributed by atoms with Crippen LogP contribution in [0.5, 0.6) is 5.75 Å². The van der Waals surface area contributed by atoms with Gasteiger partial charge < -0.3 is 15.2 Å². The molecule has 1 aliphatic rings. The van der Waals surface area contributed by atoms with Gasteiger partial charge in [-0.15, -0.1) is 0 Å². The summed E-state index contributed by atoms with van der Waals surface area (Å²) in [6, 6.07) is 4.92. The summed E-state index contributed by atoms with van der Waals surface area (Å²) in [5.41, 5.74) is -0.0905. The van der Waals surface area contributed by atoms with Crippen molar-refractivity contribution >= 4 is 17.5 Å². The highest BCUT2D eigenvalue weighted by molar-refractivity contribution is 6.30. The predicted molar refractivity (Wildman–Crippen MR) is 82.9 cm³/mol. The van der Waals surface area contributed by atoms with E-state index < -0.39 is 5.54 Å². The highest BCUT2D eigenvalue weighted by Gasteiger charge is 2.36. The van der Waals surface area contributed by atoms with Gasteiger partial charge in [-0.3, -0.25) is 4.79 Å². The van der Waals surface area contributed by atoms with Gasteiger partial charge in [-0.2, -0.15) is 0 Å². The highest BCUT2D eigenvalue weighted by atomic mass is 35.5. The summed E-state index contributed by atoms with van der Waals surface area (Å²) in [5.74, 6) is 0.710. The van der Waals surface area contributed by atoms with E-state index in [0.29, 0.717) is 22.3 Å². The molecule has 116 valence electrons. The molecule has 5 heteroatoms. The molecule has 1 amide bonds. The second kappa shape index (κ2) is 6.67. The summed E-state index contributed by atoms with van der Waals surface area (Å²) in [5, 5.41) is 13.3. The fourth-order valence-corrected chi connectivity index (χ4v) is 3.28. The fraction of sp³-hybridized carbons (Fsp3) is 0.562.